The van der Waals surface area contributed by atoms with Crippen molar-refractivity contribution in [2.24, 2.45) is 10.7 Å². The lowest BCUT2D eigenvalue weighted by Gasteiger charge is -2.34. The molecule has 110 valence electrons. The Labute approximate surface area is 110 Å². The number of hydrogen-bond acceptors (Lipinski definition) is 3. The standard InChI is InChI=1S/C11H19F3N4O/c12-11(13,14)9(18-3-5-19-6-4-18)7-16-10(15)17-8-1-2-8/h8-9H,1-7H2,(H3,15,16,17). The van der Waals surface area contributed by atoms with Gasteiger partial charge in [-0.15, -0.1) is 0 Å². The zero-order chi connectivity index (χ0) is 13.9. The van der Waals surface area contributed by atoms with Gasteiger partial charge in [0.25, 0.3) is 0 Å². The van der Waals surface area contributed by atoms with Gasteiger partial charge in [-0.25, -0.2) is 0 Å². The maximum Gasteiger partial charge on any atom is 0.405 e. The van der Waals surface area contributed by atoms with Crippen LogP contribution in [0.3, 0.4) is 0 Å². The van der Waals surface area contributed by atoms with Crippen LogP contribution in [0.2, 0.25) is 0 Å². The maximum absolute atomic E-state index is 13.0. The van der Waals surface area contributed by atoms with E-state index in [1.54, 1.807) is 0 Å². The number of halogens is 3. The molecule has 0 aromatic heterocycles. The molecule has 0 aromatic carbocycles. The van der Waals surface area contributed by atoms with Crippen LogP contribution in [0.5, 0.6) is 0 Å². The van der Waals surface area contributed by atoms with Crippen molar-refractivity contribution in [3.05, 3.63) is 0 Å². The quantitative estimate of drug-likeness (QED) is 0.575. The van der Waals surface area contributed by atoms with Crippen LogP contribution in [0.15, 0.2) is 4.99 Å². The molecule has 19 heavy (non-hydrogen) atoms. The number of hydrogen-bond donors (Lipinski definition) is 2. The fourth-order valence-corrected chi connectivity index (χ4v) is 1.98. The van der Waals surface area contributed by atoms with Gasteiger partial charge in [-0.3, -0.25) is 9.89 Å². The minimum atomic E-state index is -4.30. The van der Waals surface area contributed by atoms with Crippen molar-refractivity contribution in [2.45, 2.75) is 31.1 Å². The van der Waals surface area contributed by atoms with Crippen LogP contribution in [0.1, 0.15) is 12.8 Å². The van der Waals surface area contributed by atoms with Crippen molar-refractivity contribution in [3.8, 4) is 0 Å². The topological polar surface area (TPSA) is 62.9 Å². The van der Waals surface area contributed by atoms with Crippen LogP contribution in [0.4, 0.5) is 13.2 Å². The Kier molecular flexibility index (Phi) is 4.51. The third-order valence-corrected chi connectivity index (χ3v) is 3.23. The predicted molar refractivity (Wildman–Crippen MR) is 64.9 cm³/mol. The Morgan fingerprint density at radius 2 is 2.00 bits per heavy atom. The van der Waals surface area contributed by atoms with E-state index in [0.717, 1.165) is 12.8 Å². The van der Waals surface area contributed by atoms with Crippen molar-refractivity contribution >= 4 is 5.96 Å². The first-order chi connectivity index (χ1) is 8.97. The van der Waals surface area contributed by atoms with Gasteiger partial charge in [0, 0.05) is 19.1 Å². The van der Waals surface area contributed by atoms with Crippen molar-refractivity contribution in [1.82, 2.24) is 10.2 Å². The average molecular weight is 280 g/mol. The number of morpholine rings is 1. The summed E-state index contributed by atoms with van der Waals surface area (Å²) in [5.41, 5.74) is 5.56. The Morgan fingerprint density at radius 1 is 1.37 bits per heavy atom. The number of nitrogens with one attached hydrogen (secondary N) is 1. The molecule has 2 fully saturated rings. The third-order valence-electron chi connectivity index (χ3n) is 3.23. The van der Waals surface area contributed by atoms with Gasteiger partial charge in [0.15, 0.2) is 5.96 Å². The van der Waals surface area contributed by atoms with E-state index in [4.69, 9.17) is 10.5 Å². The molecular weight excluding hydrogens is 261 g/mol. The molecule has 1 atom stereocenters. The van der Waals surface area contributed by atoms with Crippen molar-refractivity contribution in [2.75, 3.05) is 32.8 Å². The second kappa shape index (κ2) is 5.96. The van der Waals surface area contributed by atoms with Crippen molar-refractivity contribution in [1.29, 1.82) is 0 Å². The fourth-order valence-electron chi connectivity index (χ4n) is 1.98. The van der Waals surface area contributed by atoms with Gasteiger partial charge in [-0.2, -0.15) is 13.2 Å². The number of alkyl halides is 3. The fraction of sp³-hybridized carbons (Fsp3) is 0.909. The first-order valence-corrected chi connectivity index (χ1v) is 6.42. The summed E-state index contributed by atoms with van der Waals surface area (Å²) in [6.45, 7) is 0.832. The predicted octanol–water partition coefficient (Wildman–Crippen LogP) is 0.316. The molecule has 1 saturated carbocycles. The lowest BCUT2D eigenvalue weighted by molar-refractivity contribution is -0.188. The summed E-state index contributed by atoms with van der Waals surface area (Å²) in [6.07, 6.45) is -2.30. The molecule has 8 heteroatoms. The zero-order valence-corrected chi connectivity index (χ0v) is 10.6. The number of rotatable bonds is 4. The molecule has 2 aliphatic rings. The summed E-state index contributed by atoms with van der Waals surface area (Å²) in [6, 6.07) is -1.30. The van der Waals surface area contributed by atoms with Gasteiger partial charge in [0.1, 0.15) is 6.04 Å². The van der Waals surface area contributed by atoms with E-state index >= 15 is 0 Å². The molecule has 0 amide bonds. The molecule has 0 radical (unpaired) electrons. The molecule has 1 heterocycles. The van der Waals surface area contributed by atoms with Crippen LogP contribution in [-0.2, 0) is 4.74 Å². The second-order valence-corrected chi connectivity index (χ2v) is 4.85. The van der Waals surface area contributed by atoms with E-state index in [1.807, 2.05) is 0 Å². The highest BCUT2D eigenvalue weighted by Gasteiger charge is 2.43. The van der Waals surface area contributed by atoms with Gasteiger partial charge in [0.05, 0.1) is 19.8 Å². The number of nitrogens with zero attached hydrogens (tertiary/aromatic N) is 2. The first-order valence-electron chi connectivity index (χ1n) is 6.42. The number of guanidine groups is 1. The van der Waals surface area contributed by atoms with Gasteiger partial charge < -0.3 is 15.8 Å². The zero-order valence-electron chi connectivity index (χ0n) is 10.6. The van der Waals surface area contributed by atoms with E-state index in [-0.39, 0.29) is 31.6 Å². The summed E-state index contributed by atoms with van der Waals surface area (Å²) >= 11 is 0. The molecule has 1 aliphatic carbocycles. The molecular formula is C11H19F3N4O. The summed E-state index contributed by atoms with van der Waals surface area (Å²) in [5.74, 6) is 0.102. The van der Waals surface area contributed by atoms with Crippen LogP contribution in [0.25, 0.3) is 0 Å². The Morgan fingerprint density at radius 3 is 2.53 bits per heavy atom. The Bertz CT molecular complexity index is 324. The molecule has 0 aromatic rings. The van der Waals surface area contributed by atoms with E-state index in [1.165, 1.54) is 4.90 Å². The summed E-state index contributed by atoms with van der Waals surface area (Å²) in [4.78, 5) is 5.19. The SMILES string of the molecule is NC(=NCC(N1CCOCC1)C(F)(F)F)NC1CC1. The number of ether oxygens (including phenoxy) is 1. The Balaban J connectivity index is 1.92. The Hall–Kier alpha value is -1.02. The van der Waals surface area contributed by atoms with Crippen molar-refractivity contribution in [3.63, 3.8) is 0 Å². The van der Waals surface area contributed by atoms with Gasteiger partial charge in [0.2, 0.25) is 0 Å². The lowest BCUT2D eigenvalue weighted by atomic mass is 10.2. The first kappa shape index (κ1) is 14.4. The highest BCUT2D eigenvalue weighted by molar-refractivity contribution is 5.78. The highest BCUT2D eigenvalue weighted by atomic mass is 19.4. The van der Waals surface area contributed by atoms with Gasteiger partial charge in [-0.1, -0.05) is 0 Å². The molecule has 0 bridgehead atoms. The van der Waals surface area contributed by atoms with E-state index < -0.39 is 12.2 Å². The van der Waals surface area contributed by atoms with Crippen LogP contribution in [-0.4, -0.2) is 62.0 Å². The van der Waals surface area contributed by atoms with Gasteiger partial charge >= 0.3 is 6.18 Å². The summed E-state index contributed by atoms with van der Waals surface area (Å²) in [7, 11) is 0. The molecule has 5 nitrogen and oxygen atoms in total. The van der Waals surface area contributed by atoms with Crippen molar-refractivity contribution < 1.29 is 17.9 Å². The van der Waals surface area contributed by atoms with E-state index in [2.05, 4.69) is 10.3 Å². The number of aliphatic imine (C=N–C) groups is 1. The molecule has 2 rings (SSSR count). The van der Waals surface area contributed by atoms with Gasteiger partial charge in [-0.05, 0) is 12.8 Å². The normalized spacial score (nSPS) is 24.3. The molecule has 3 N–H and O–H groups in total. The molecule has 1 aliphatic heterocycles. The molecule has 1 saturated heterocycles. The summed E-state index contributed by atoms with van der Waals surface area (Å²) < 4.78 is 44.1. The van der Waals surface area contributed by atoms with Crippen LogP contribution >= 0.6 is 0 Å². The molecule has 0 spiro atoms. The minimum absolute atomic E-state index is 0.102. The monoisotopic (exact) mass is 280 g/mol. The third kappa shape index (κ3) is 4.54. The largest absolute Gasteiger partial charge is 0.405 e. The number of nitrogens with two attached hydrogens (primary N) is 1. The van der Waals surface area contributed by atoms with Crippen LogP contribution < -0.4 is 11.1 Å². The summed E-state index contributed by atoms with van der Waals surface area (Å²) in [5, 5.41) is 2.88. The average Bonchev–Trinajstić information content (AvgIpc) is 3.13. The van der Waals surface area contributed by atoms with E-state index in [9.17, 15) is 13.2 Å². The smallest absolute Gasteiger partial charge is 0.379 e. The maximum atomic E-state index is 13.0. The molecule has 1 unspecified atom stereocenters. The van der Waals surface area contributed by atoms with Crippen LogP contribution in [0, 0.1) is 0 Å². The minimum Gasteiger partial charge on any atom is -0.379 e. The van der Waals surface area contributed by atoms with E-state index in [0.29, 0.717) is 13.2 Å². The highest BCUT2D eigenvalue weighted by Crippen LogP contribution is 2.26. The lowest BCUT2D eigenvalue weighted by Crippen LogP contribution is -2.52. The second-order valence-electron chi connectivity index (χ2n) is 4.85.